The van der Waals surface area contributed by atoms with Gasteiger partial charge >= 0.3 is 0 Å². The average molecular weight is 369 g/mol. The van der Waals surface area contributed by atoms with Gasteiger partial charge in [0.2, 0.25) is 11.9 Å². The van der Waals surface area contributed by atoms with Crippen LogP contribution in [0.15, 0.2) is 12.4 Å². The maximum absolute atomic E-state index is 9.73. The number of hydrogen-bond donors (Lipinski definition) is 2. The molecule has 1 aliphatic carbocycles. The van der Waals surface area contributed by atoms with E-state index in [2.05, 4.69) is 19.8 Å². The standard InChI is InChI=1S/C18H23N7O2/c19-17-20-9-11(10-21-17)15-14-1-2-25(12-7-13(26)8-12)16(14)23-18(22-15)24-3-5-27-6-4-24/h9-10,12-13,26H,1-8H2,(H2,19,20,21)/t12-,13-. The highest BCUT2D eigenvalue weighted by Crippen LogP contribution is 2.39. The van der Waals surface area contributed by atoms with E-state index >= 15 is 0 Å². The summed E-state index contributed by atoms with van der Waals surface area (Å²) in [6, 6.07) is 0.351. The number of aromatic nitrogens is 4. The fraction of sp³-hybridized carbons (Fsp3) is 0.556. The molecule has 2 aromatic heterocycles. The molecule has 9 nitrogen and oxygen atoms in total. The van der Waals surface area contributed by atoms with Crippen LogP contribution in [0.4, 0.5) is 17.7 Å². The minimum atomic E-state index is -0.190. The Morgan fingerprint density at radius 3 is 2.52 bits per heavy atom. The number of nitrogens with two attached hydrogens (primary N) is 1. The fourth-order valence-corrected chi connectivity index (χ4v) is 4.04. The molecule has 0 bridgehead atoms. The Hall–Kier alpha value is -2.52. The first-order chi connectivity index (χ1) is 13.2. The van der Waals surface area contributed by atoms with Crippen molar-refractivity contribution in [3.05, 3.63) is 18.0 Å². The van der Waals surface area contributed by atoms with Gasteiger partial charge in [-0.05, 0) is 19.3 Å². The van der Waals surface area contributed by atoms with E-state index in [1.54, 1.807) is 12.4 Å². The van der Waals surface area contributed by atoms with Crippen LogP contribution < -0.4 is 15.5 Å². The van der Waals surface area contributed by atoms with Gasteiger partial charge in [-0.25, -0.2) is 15.0 Å². The Labute approximate surface area is 157 Å². The molecular weight excluding hydrogens is 346 g/mol. The van der Waals surface area contributed by atoms with Crippen molar-refractivity contribution >= 4 is 17.7 Å². The number of nitrogens with zero attached hydrogens (tertiary/aromatic N) is 6. The monoisotopic (exact) mass is 369 g/mol. The minimum absolute atomic E-state index is 0.190. The topological polar surface area (TPSA) is 114 Å². The molecule has 0 spiro atoms. The number of ether oxygens (including phenoxy) is 1. The molecule has 1 saturated carbocycles. The van der Waals surface area contributed by atoms with Gasteiger partial charge in [0.25, 0.3) is 0 Å². The highest BCUT2D eigenvalue weighted by Gasteiger charge is 2.38. The molecule has 4 heterocycles. The first kappa shape index (κ1) is 16.6. The molecule has 2 aromatic rings. The SMILES string of the molecule is Nc1ncc(-c2nc(N3CCOCC3)nc3c2CCN3[C@H]2C[C@H](O)C2)cn1. The largest absolute Gasteiger partial charge is 0.393 e. The van der Waals surface area contributed by atoms with E-state index in [-0.39, 0.29) is 12.1 Å². The number of fused-ring (bicyclic) bond motifs is 1. The van der Waals surface area contributed by atoms with E-state index in [1.807, 2.05) is 0 Å². The molecule has 0 amide bonds. The lowest BCUT2D eigenvalue weighted by Crippen LogP contribution is -2.47. The van der Waals surface area contributed by atoms with Crippen molar-refractivity contribution in [3.8, 4) is 11.3 Å². The van der Waals surface area contributed by atoms with Crippen molar-refractivity contribution in [1.29, 1.82) is 0 Å². The molecule has 3 N–H and O–H groups in total. The summed E-state index contributed by atoms with van der Waals surface area (Å²) in [7, 11) is 0. The van der Waals surface area contributed by atoms with E-state index in [1.165, 1.54) is 0 Å². The third-order valence-electron chi connectivity index (χ3n) is 5.62. The van der Waals surface area contributed by atoms with Crippen molar-refractivity contribution in [2.75, 3.05) is 48.4 Å². The van der Waals surface area contributed by atoms with Crippen molar-refractivity contribution in [2.24, 2.45) is 0 Å². The van der Waals surface area contributed by atoms with Crippen molar-refractivity contribution in [1.82, 2.24) is 19.9 Å². The normalized spacial score (nSPS) is 24.6. The second-order valence-electron chi connectivity index (χ2n) is 7.33. The summed E-state index contributed by atoms with van der Waals surface area (Å²) in [5, 5.41) is 9.73. The molecule has 1 saturated heterocycles. The molecule has 9 heteroatoms. The van der Waals surface area contributed by atoms with Gasteiger partial charge in [-0.15, -0.1) is 0 Å². The smallest absolute Gasteiger partial charge is 0.228 e. The Morgan fingerprint density at radius 1 is 1.07 bits per heavy atom. The zero-order chi connectivity index (χ0) is 18.4. The summed E-state index contributed by atoms with van der Waals surface area (Å²) in [5.41, 5.74) is 8.52. The highest BCUT2D eigenvalue weighted by atomic mass is 16.5. The van der Waals surface area contributed by atoms with Gasteiger partial charge in [0.1, 0.15) is 5.82 Å². The third kappa shape index (κ3) is 2.96. The zero-order valence-electron chi connectivity index (χ0n) is 15.1. The second kappa shape index (κ2) is 6.58. The van der Waals surface area contributed by atoms with E-state index in [9.17, 15) is 5.11 Å². The van der Waals surface area contributed by atoms with Crippen LogP contribution in [0.3, 0.4) is 0 Å². The van der Waals surface area contributed by atoms with Gasteiger partial charge in [0.15, 0.2) is 0 Å². The predicted molar refractivity (Wildman–Crippen MR) is 101 cm³/mol. The molecule has 3 aliphatic rings. The molecule has 27 heavy (non-hydrogen) atoms. The van der Waals surface area contributed by atoms with Crippen LogP contribution in [0.25, 0.3) is 11.3 Å². The van der Waals surface area contributed by atoms with E-state index in [0.717, 1.165) is 67.5 Å². The summed E-state index contributed by atoms with van der Waals surface area (Å²) >= 11 is 0. The van der Waals surface area contributed by atoms with Crippen LogP contribution in [-0.4, -0.2) is 70.0 Å². The Balaban J connectivity index is 1.58. The van der Waals surface area contributed by atoms with Crippen LogP contribution in [-0.2, 0) is 11.2 Å². The maximum Gasteiger partial charge on any atom is 0.228 e. The molecule has 2 aliphatic heterocycles. The first-order valence-corrected chi connectivity index (χ1v) is 9.45. The molecule has 0 aromatic carbocycles. The maximum atomic E-state index is 9.73. The van der Waals surface area contributed by atoms with E-state index in [4.69, 9.17) is 20.4 Å². The van der Waals surface area contributed by atoms with E-state index < -0.39 is 0 Å². The van der Waals surface area contributed by atoms with Gasteiger partial charge in [-0.2, -0.15) is 4.98 Å². The molecule has 5 rings (SSSR count). The number of nitrogen functional groups attached to an aromatic ring is 1. The minimum Gasteiger partial charge on any atom is -0.393 e. The Kier molecular flexibility index (Phi) is 4.05. The number of anilines is 3. The molecule has 0 unspecified atom stereocenters. The van der Waals surface area contributed by atoms with Crippen LogP contribution in [0, 0.1) is 0 Å². The Bertz CT molecular complexity index is 832. The molecule has 142 valence electrons. The zero-order valence-corrected chi connectivity index (χ0v) is 15.1. The molecule has 2 fully saturated rings. The summed E-state index contributed by atoms with van der Waals surface area (Å²) in [4.78, 5) is 22.6. The van der Waals surface area contributed by atoms with Crippen LogP contribution in [0.5, 0.6) is 0 Å². The predicted octanol–water partition coefficient (Wildman–Crippen LogP) is 0.238. The number of hydrogen-bond acceptors (Lipinski definition) is 9. The number of aliphatic hydroxyl groups excluding tert-OH is 1. The summed E-state index contributed by atoms with van der Waals surface area (Å²) in [5.74, 6) is 1.95. The van der Waals surface area contributed by atoms with Crippen molar-refractivity contribution in [3.63, 3.8) is 0 Å². The highest BCUT2D eigenvalue weighted by molar-refractivity contribution is 5.72. The summed E-state index contributed by atoms with van der Waals surface area (Å²) < 4.78 is 5.47. The van der Waals surface area contributed by atoms with E-state index in [0.29, 0.717) is 19.3 Å². The summed E-state index contributed by atoms with van der Waals surface area (Å²) in [6.07, 6.45) is 5.75. The lowest BCUT2D eigenvalue weighted by Gasteiger charge is -2.39. The third-order valence-corrected chi connectivity index (χ3v) is 5.62. The lowest BCUT2D eigenvalue weighted by atomic mass is 9.88. The van der Waals surface area contributed by atoms with Gasteiger partial charge in [0, 0.05) is 49.2 Å². The van der Waals surface area contributed by atoms with Gasteiger partial charge in [-0.3, -0.25) is 0 Å². The lowest BCUT2D eigenvalue weighted by molar-refractivity contribution is 0.0737. The molecular formula is C18H23N7O2. The fourth-order valence-electron chi connectivity index (χ4n) is 4.04. The second-order valence-corrected chi connectivity index (χ2v) is 7.33. The van der Waals surface area contributed by atoms with Crippen molar-refractivity contribution < 1.29 is 9.84 Å². The van der Waals surface area contributed by atoms with Crippen LogP contribution >= 0.6 is 0 Å². The molecule has 0 atom stereocenters. The quantitative estimate of drug-likeness (QED) is 0.785. The molecule has 0 radical (unpaired) electrons. The van der Waals surface area contributed by atoms with Crippen LogP contribution in [0.2, 0.25) is 0 Å². The average Bonchev–Trinajstić information content (AvgIpc) is 3.10. The van der Waals surface area contributed by atoms with Gasteiger partial charge < -0.3 is 25.4 Å². The number of aliphatic hydroxyl groups is 1. The summed E-state index contributed by atoms with van der Waals surface area (Å²) in [6.45, 7) is 3.81. The Morgan fingerprint density at radius 2 is 1.81 bits per heavy atom. The van der Waals surface area contributed by atoms with Crippen LogP contribution in [0.1, 0.15) is 18.4 Å². The van der Waals surface area contributed by atoms with Crippen molar-refractivity contribution in [2.45, 2.75) is 31.4 Å². The van der Waals surface area contributed by atoms with Gasteiger partial charge in [0.05, 0.1) is 25.0 Å². The number of morpholine rings is 1. The first-order valence-electron chi connectivity index (χ1n) is 9.45. The van der Waals surface area contributed by atoms with Gasteiger partial charge in [-0.1, -0.05) is 0 Å². The number of rotatable bonds is 3.